The highest BCUT2D eigenvalue weighted by Gasteiger charge is 2.18. The SMILES string of the molecule is Cc1ccc(C)c(C(CN)N(C)Cc2cc(Br)cs2)c1. The molecule has 1 aromatic carbocycles. The Labute approximate surface area is 133 Å². The number of hydrogen-bond donors (Lipinski definition) is 1. The van der Waals surface area contributed by atoms with Crippen LogP contribution in [-0.4, -0.2) is 18.5 Å². The molecule has 2 rings (SSSR count). The molecule has 2 N–H and O–H groups in total. The molecule has 1 unspecified atom stereocenters. The van der Waals surface area contributed by atoms with E-state index in [2.05, 4.69) is 71.4 Å². The van der Waals surface area contributed by atoms with Crippen molar-refractivity contribution >= 4 is 27.3 Å². The van der Waals surface area contributed by atoms with Crippen molar-refractivity contribution in [2.75, 3.05) is 13.6 Å². The maximum atomic E-state index is 6.04. The van der Waals surface area contributed by atoms with Crippen LogP contribution in [-0.2, 0) is 6.54 Å². The van der Waals surface area contributed by atoms with Crippen LogP contribution in [0.2, 0.25) is 0 Å². The summed E-state index contributed by atoms with van der Waals surface area (Å²) in [5.74, 6) is 0. The first-order chi connectivity index (χ1) is 9.51. The Kier molecular flexibility index (Phi) is 5.38. The first kappa shape index (κ1) is 15.7. The van der Waals surface area contributed by atoms with E-state index in [9.17, 15) is 0 Å². The van der Waals surface area contributed by atoms with Gasteiger partial charge in [-0.2, -0.15) is 0 Å². The molecule has 1 atom stereocenters. The van der Waals surface area contributed by atoms with E-state index in [1.54, 1.807) is 11.3 Å². The molecule has 0 aliphatic rings. The molecule has 2 nitrogen and oxygen atoms in total. The van der Waals surface area contributed by atoms with Crippen molar-refractivity contribution in [3.05, 3.63) is 55.7 Å². The van der Waals surface area contributed by atoms with Crippen molar-refractivity contribution in [3.8, 4) is 0 Å². The van der Waals surface area contributed by atoms with Crippen LogP contribution >= 0.6 is 27.3 Å². The molecule has 0 radical (unpaired) electrons. The number of nitrogens with two attached hydrogens (primary N) is 1. The van der Waals surface area contributed by atoms with E-state index in [1.165, 1.54) is 21.6 Å². The van der Waals surface area contributed by atoms with Crippen molar-refractivity contribution < 1.29 is 0 Å². The van der Waals surface area contributed by atoms with Crippen molar-refractivity contribution in [1.29, 1.82) is 0 Å². The smallest absolute Gasteiger partial charge is 0.0474 e. The summed E-state index contributed by atoms with van der Waals surface area (Å²) in [6, 6.07) is 9.04. The number of hydrogen-bond acceptors (Lipinski definition) is 3. The molecule has 0 aliphatic carbocycles. The third-order valence-electron chi connectivity index (χ3n) is 3.58. The number of likely N-dealkylation sites (N-methyl/N-ethyl adjacent to an activating group) is 1. The van der Waals surface area contributed by atoms with E-state index < -0.39 is 0 Å². The fourth-order valence-corrected chi connectivity index (χ4v) is 3.97. The second-order valence-electron chi connectivity index (χ2n) is 5.26. The van der Waals surface area contributed by atoms with Crippen LogP contribution in [0.1, 0.15) is 27.6 Å². The second kappa shape index (κ2) is 6.85. The lowest BCUT2D eigenvalue weighted by molar-refractivity contribution is 0.243. The normalized spacial score (nSPS) is 12.9. The topological polar surface area (TPSA) is 29.3 Å². The molecule has 0 saturated heterocycles. The molecule has 108 valence electrons. The highest BCUT2D eigenvalue weighted by Crippen LogP contribution is 2.27. The van der Waals surface area contributed by atoms with Gasteiger partial charge in [0, 0.05) is 33.9 Å². The third kappa shape index (κ3) is 3.70. The Morgan fingerprint density at radius 2 is 2.05 bits per heavy atom. The lowest BCUT2D eigenvalue weighted by Gasteiger charge is -2.28. The molecule has 1 aromatic heterocycles. The summed E-state index contributed by atoms with van der Waals surface area (Å²) in [5.41, 5.74) is 9.97. The zero-order chi connectivity index (χ0) is 14.7. The van der Waals surface area contributed by atoms with E-state index in [4.69, 9.17) is 5.73 Å². The predicted molar refractivity (Wildman–Crippen MR) is 91.2 cm³/mol. The van der Waals surface area contributed by atoms with Gasteiger partial charge < -0.3 is 5.73 Å². The van der Waals surface area contributed by atoms with Crippen molar-refractivity contribution in [2.45, 2.75) is 26.4 Å². The molecule has 0 aliphatic heterocycles. The standard InChI is InChI=1S/C16H21BrN2S/c1-11-4-5-12(2)15(6-11)16(8-18)19(3)9-14-7-13(17)10-20-14/h4-7,10,16H,8-9,18H2,1-3H3. The number of aryl methyl sites for hydroxylation is 2. The van der Waals surface area contributed by atoms with E-state index in [0.717, 1.165) is 11.0 Å². The molecule has 0 amide bonds. The van der Waals surface area contributed by atoms with Crippen LogP contribution in [0.5, 0.6) is 0 Å². The van der Waals surface area contributed by atoms with Gasteiger partial charge in [-0.15, -0.1) is 11.3 Å². The van der Waals surface area contributed by atoms with Gasteiger partial charge in [0.1, 0.15) is 0 Å². The van der Waals surface area contributed by atoms with Crippen LogP contribution in [0.25, 0.3) is 0 Å². The number of halogens is 1. The summed E-state index contributed by atoms with van der Waals surface area (Å²) in [6.07, 6.45) is 0. The first-order valence-electron chi connectivity index (χ1n) is 6.71. The molecule has 1 heterocycles. The van der Waals surface area contributed by atoms with Gasteiger partial charge in [-0.3, -0.25) is 4.90 Å². The summed E-state index contributed by atoms with van der Waals surface area (Å²) >= 11 is 5.29. The number of benzene rings is 1. The van der Waals surface area contributed by atoms with E-state index in [-0.39, 0.29) is 6.04 Å². The minimum atomic E-state index is 0.260. The lowest BCUT2D eigenvalue weighted by Crippen LogP contribution is -2.30. The fourth-order valence-electron chi connectivity index (χ4n) is 2.46. The minimum absolute atomic E-state index is 0.260. The summed E-state index contributed by atoms with van der Waals surface area (Å²) in [5, 5.41) is 2.12. The summed E-state index contributed by atoms with van der Waals surface area (Å²) in [7, 11) is 2.15. The molecule has 0 fully saturated rings. The maximum Gasteiger partial charge on any atom is 0.0474 e. The molecule has 4 heteroatoms. The Bertz CT molecular complexity index is 580. The molecular formula is C16H21BrN2S. The van der Waals surface area contributed by atoms with Crippen molar-refractivity contribution in [3.63, 3.8) is 0 Å². The average molecular weight is 353 g/mol. The fraction of sp³-hybridized carbons (Fsp3) is 0.375. The Morgan fingerprint density at radius 1 is 1.30 bits per heavy atom. The quantitative estimate of drug-likeness (QED) is 0.870. The Morgan fingerprint density at radius 3 is 2.65 bits per heavy atom. The third-order valence-corrected chi connectivity index (χ3v) is 5.26. The van der Waals surface area contributed by atoms with E-state index in [1.807, 2.05) is 0 Å². The average Bonchev–Trinajstić information content (AvgIpc) is 2.80. The van der Waals surface area contributed by atoms with Gasteiger partial charge in [-0.05, 0) is 54.0 Å². The minimum Gasteiger partial charge on any atom is -0.329 e. The zero-order valence-electron chi connectivity index (χ0n) is 12.2. The molecule has 2 aromatic rings. The van der Waals surface area contributed by atoms with Crippen LogP contribution in [0.3, 0.4) is 0 Å². The highest BCUT2D eigenvalue weighted by atomic mass is 79.9. The van der Waals surface area contributed by atoms with Gasteiger partial charge in [-0.1, -0.05) is 23.8 Å². The van der Waals surface area contributed by atoms with Gasteiger partial charge in [-0.25, -0.2) is 0 Å². The largest absolute Gasteiger partial charge is 0.329 e. The number of rotatable bonds is 5. The summed E-state index contributed by atoms with van der Waals surface area (Å²) < 4.78 is 1.15. The van der Waals surface area contributed by atoms with Crippen molar-refractivity contribution in [1.82, 2.24) is 4.90 Å². The first-order valence-corrected chi connectivity index (χ1v) is 8.39. The number of thiophene rings is 1. The van der Waals surface area contributed by atoms with Gasteiger partial charge in [0.2, 0.25) is 0 Å². The van der Waals surface area contributed by atoms with Crippen LogP contribution in [0, 0.1) is 13.8 Å². The van der Waals surface area contributed by atoms with E-state index in [0.29, 0.717) is 6.54 Å². The van der Waals surface area contributed by atoms with Gasteiger partial charge in [0.05, 0.1) is 0 Å². The summed E-state index contributed by atoms with van der Waals surface area (Å²) in [4.78, 5) is 3.68. The molecule has 0 saturated carbocycles. The molecule has 0 spiro atoms. The van der Waals surface area contributed by atoms with E-state index >= 15 is 0 Å². The Balaban J connectivity index is 2.20. The van der Waals surface area contributed by atoms with Crippen LogP contribution in [0.15, 0.2) is 34.1 Å². The lowest BCUT2D eigenvalue weighted by atomic mass is 9.98. The monoisotopic (exact) mass is 352 g/mol. The molecule has 20 heavy (non-hydrogen) atoms. The van der Waals surface area contributed by atoms with Crippen LogP contribution in [0.4, 0.5) is 0 Å². The zero-order valence-corrected chi connectivity index (χ0v) is 14.6. The molecular weight excluding hydrogens is 332 g/mol. The van der Waals surface area contributed by atoms with Crippen LogP contribution < -0.4 is 5.73 Å². The van der Waals surface area contributed by atoms with Gasteiger partial charge in [0.25, 0.3) is 0 Å². The second-order valence-corrected chi connectivity index (χ2v) is 7.17. The van der Waals surface area contributed by atoms with Crippen molar-refractivity contribution in [2.24, 2.45) is 5.73 Å². The van der Waals surface area contributed by atoms with Gasteiger partial charge in [0.15, 0.2) is 0 Å². The molecule has 0 bridgehead atoms. The predicted octanol–water partition coefficient (Wildman–Crippen LogP) is 4.26. The van der Waals surface area contributed by atoms with Gasteiger partial charge >= 0.3 is 0 Å². The number of nitrogens with zero attached hydrogens (tertiary/aromatic N) is 1. The summed E-state index contributed by atoms with van der Waals surface area (Å²) in [6.45, 7) is 5.85. The highest BCUT2D eigenvalue weighted by molar-refractivity contribution is 9.10. The maximum absolute atomic E-state index is 6.04. The Hall–Kier alpha value is -0.680.